The van der Waals surface area contributed by atoms with Gasteiger partial charge in [-0.15, -0.1) is 0 Å². The van der Waals surface area contributed by atoms with Gasteiger partial charge in [-0.1, -0.05) is 5.16 Å². The van der Waals surface area contributed by atoms with Crippen LogP contribution in [0.4, 0.5) is 4.39 Å². The quantitative estimate of drug-likeness (QED) is 0.735. The molecule has 0 spiro atoms. The lowest BCUT2D eigenvalue weighted by molar-refractivity contribution is 0.0938. The minimum absolute atomic E-state index is 0.0747. The Morgan fingerprint density at radius 2 is 1.97 bits per heavy atom. The van der Waals surface area contributed by atoms with Gasteiger partial charge in [-0.3, -0.25) is 9.69 Å². The maximum absolute atomic E-state index is 13.1. The lowest BCUT2D eigenvalue weighted by atomic mass is 10.1. The predicted octanol–water partition coefficient (Wildman–Crippen LogP) is 2.92. The molecular formula is C21H18FN5O2. The Balaban J connectivity index is 1.42. The first-order chi connectivity index (χ1) is 14.0. The number of carbonyl (C=O) groups is 1. The summed E-state index contributed by atoms with van der Waals surface area (Å²) < 4.78 is 18.5. The normalized spacial score (nSPS) is 19.1. The van der Waals surface area contributed by atoms with E-state index in [9.17, 15) is 9.18 Å². The summed E-state index contributed by atoms with van der Waals surface area (Å²) in [5.41, 5.74) is 1.69. The molecule has 0 saturated carbocycles. The smallest absolute Gasteiger partial charge is 0.251 e. The molecule has 29 heavy (non-hydrogen) atoms. The third-order valence-corrected chi connectivity index (χ3v) is 4.99. The monoisotopic (exact) mass is 391 g/mol. The number of nitriles is 1. The van der Waals surface area contributed by atoms with Crippen LogP contribution in [0.25, 0.3) is 11.4 Å². The second kappa shape index (κ2) is 7.81. The average molecular weight is 391 g/mol. The molecule has 146 valence electrons. The number of nitrogens with one attached hydrogen (secondary N) is 1. The Kier molecular flexibility index (Phi) is 5.06. The van der Waals surface area contributed by atoms with Gasteiger partial charge in [0.2, 0.25) is 11.7 Å². The van der Waals surface area contributed by atoms with Crippen molar-refractivity contribution in [2.75, 3.05) is 13.6 Å². The number of hydrogen-bond donors (Lipinski definition) is 1. The molecular weight excluding hydrogens is 373 g/mol. The largest absolute Gasteiger partial charge is 0.348 e. The minimum Gasteiger partial charge on any atom is -0.348 e. The average Bonchev–Trinajstić information content (AvgIpc) is 3.35. The lowest BCUT2D eigenvalue weighted by Crippen LogP contribution is -2.36. The van der Waals surface area contributed by atoms with E-state index in [1.165, 1.54) is 12.1 Å². The number of aromatic nitrogens is 2. The van der Waals surface area contributed by atoms with Crippen LogP contribution in [0.1, 0.15) is 34.3 Å². The van der Waals surface area contributed by atoms with E-state index in [-0.39, 0.29) is 23.8 Å². The van der Waals surface area contributed by atoms with Crippen molar-refractivity contribution < 1.29 is 13.7 Å². The number of hydrogen-bond acceptors (Lipinski definition) is 6. The van der Waals surface area contributed by atoms with E-state index >= 15 is 0 Å². The van der Waals surface area contributed by atoms with Crippen LogP contribution in [-0.4, -0.2) is 40.6 Å². The second-order valence-corrected chi connectivity index (χ2v) is 7.01. The Hall–Kier alpha value is -3.57. The fourth-order valence-corrected chi connectivity index (χ4v) is 3.44. The topological polar surface area (TPSA) is 95.1 Å². The number of likely N-dealkylation sites (tertiary alicyclic amines) is 1. The molecule has 8 heteroatoms. The van der Waals surface area contributed by atoms with E-state index in [0.29, 0.717) is 41.4 Å². The van der Waals surface area contributed by atoms with E-state index in [4.69, 9.17) is 9.78 Å². The lowest BCUT2D eigenvalue weighted by Gasteiger charge is -2.14. The highest BCUT2D eigenvalue weighted by molar-refractivity contribution is 5.94. The van der Waals surface area contributed by atoms with Gasteiger partial charge in [-0.2, -0.15) is 10.2 Å². The first-order valence-electron chi connectivity index (χ1n) is 9.14. The summed E-state index contributed by atoms with van der Waals surface area (Å²) in [5.74, 6) is 0.348. The zero-order chi connectivity index (χ0) is 20.4. The molecule has 3 aromatic rings. The number of likely N-dealkylation sites (N-methyl/N-ethyl adjacent to an activating group) is 1. The third kappa shape index (κ3) is 4.00. The molecule has 7 nitrogen and oxygen atoms in total. The molecule has 1 amide bonds. The highest BCUT2D eigenvalue weighted by Gasteiger charge is 2.35. The molecule has 1 aromatic heterocycles. The maximum atomic E-state index is 13.1. The van der Waals surface area contributed by atoms with Crippen molar-refractivity contribution in [2.45, 2.75) is 18.5 Å². The zero-order valence-corrected chi connectivity index (χ0v) is 15.7. The molecule has 1 fully saturated rings. The van der Waals surface area contributed by atoms with Crippen molar-refractivity contribution >= 4 is 5.91 Å². The van der Waals surface area contributed by atoms with Gasteiger partial charge in [0.1, 0.15) is 5.82 Å². The molecule has 2 heterocycles. The van der Waals surface area contributed by atoms with Gasteiger partial charge >= 0.3 is 0 Å². The van der Waals surface area contributed by atoms with E-state index < -0.39 is 0 Å². The van der Waals surface area contributed by atoms with E-state index in [0.717, 1.165) is 0 Å². The Morgan fingerprint density at radius 1 is 1.24 bits per heavy atom. The van der Waals surface area contributed by atoms with Gasteiger partial charge in [0, 0.05) is 23.7 Å². The van der Waals surface area contributed by atoms with E-state index in [2.05, 4.69) is 15.5 Å². The zero-order valence-electron chi connectivity index (χ0n) is 15.7. The van der Waals surface area contributed by atoms with Crippen molar-refractivity contribution in [3.63, 3.8) is 0 Å². The molecule has 2 aromatic carbocycles. The van der Waals surface area contributed by atoms with Gasteiger partial charge in [-0.05, 0) is 62.0 Å². The van der Waals surface area contributed by atoms with E-state index in [1.807, 2.05) is 18.0 Å². The van der Waals surface area contributed by atoms with Crippen LogP contribution in [0.5, 0.6) is 0 Å². The van der Waals surface area contributed by atoms with Crippen LogP contribution >= 0.6 is 0 Å². The summed E-state index contributed by atoms with van der Waals surface area (Å²) in [6.07, 6.45) is 0.629. The van der Waals surface area contributed by atoms with Crippen LogP contribution in [0, 0.1) is 17.1 Å². The van der Waals surface area contributed by atoms with Crippen molar-refractivity contribution in [3.8, 4) is 17.5 Å². The van der Waals surface area contributed by atoms with Gasteiger partial charge < -0.3 is 9.84 Å². The van der Waals surface area contributed by atoms with Crippen molar-refractivity contribution in [1.29, 1.82) is 5.26 Å². The number of halogens is 1. The number of benzene rings is 2. The summed E-state index contributed by atoms with van der Waals surface area (Å²) in [6, 6.07) is 14.2. The molecule has 1 saturated heterocycles. The number of amides is 1. The fourth-order valence-electron chi connectivity index (χ4n) is 3.44. The molecule has 1 aliphatic rings. The molecule has 2 unspecified atom stereocenters. The number of carbonyl (C=O) groups excluding carboxylic acids is 1. The maximum Gasteiger partial charge on any atom is 0.251 e. The van der Waals surface area contributed by atoms with Crippen LogP contribution in [0.15, 0.2) is 53.1 Å². The second-order valence-electron chi connectivity index (χ2n) is 7.01. The van der Waals surface area contributed by atoms with Crippen LogP contribution in [-0.2, 0) is 0 Å². The van der Waals surface area contributed by atoms with Gasteiger partial charge in [-0.25, -0.2) is 4.39 Å². The predicted molar refractivity (Wildman–Crippen MR) is 102 cm³/mol. The molecule has 1 aliphatic heterocycles. The number of rotatable bonds is 4. The summed E-state index contributed by atoms with van der Waals surface area (Å²) >= 11 is 0. The standard InChI is InChI=1S/C21H18FN5O2/c1-27-12-17(24-20(28)15-4-2-13(11-23)3-5-15)10-18(27)21-25-19(26-29-21)14-6-8-16(22)9-7-14/h2-9,17-18H,10,12H2,1H3,(H,24,28). The highest BCUT2D eigenvalue weighted by Crippen LogP contribution is 2.31. The number of nitrogens with zero attached hydrogens (tertiary/aromatic N) is 4. The van der Waals surface area contributed by atoms with Crippen LogP contribution < -0.4 is 5.32 Å². The Bertz CT molecular complexity index is 1060. The SMILES string of the molecule is CN1CC(NC(=O)c2ccc(C#N)cc2)CC1c1nc(-c2ccc(F)cc2)no1. The Morgan fingerprint density at radius 3 is 2.66 bits per heavy atom. The van der Waals surface area contributed by atoms with Gasteiger partial charge in [0.05, 0.1) is 17.7 Å². The van der Waals surface area contributed by atoms with E-state index in [1.54, 1.807) is 36.4 Å². The third-order valence-electron chi connectivity index (χ3n) is 4.99. The fraction of sp³-hybridized carbons (Fsp3) is 0.238. The summed E-state index contributed by atoms with van der Waals surface area (Å²) in [7, 11) is 1.93. The van der Waals surface area contributed by atoms with Gasteiger partial charge in [0.15, 0.2) is 0 Å². The van der Waals surface area contributed by atoms with Crippen molar-refractivity contribution in [3.05, 3.63) is 71.4 Å². The molecule has 0 bridgehead atoms. The molecule has 2 atom stereocenters. The summed E-state index contributed by atoms with van der Waals surface area (Å²) in [4.78, 5) is 19.0. The van der Waals surface area contributed by atoms with Crippen LogP contribution in [0.3, 0.4) is 0 Å². The minimum atomic E-state index is -0.325. The first-order valence-corrected chi connectivity index (χ1v) is 9.14. The molecule has 0 radical (unpaired) electrons. The van der Waals surface area contributed by atoms with Crippen LogP contribution in [0.2, 0.25) is 0 Å². The van der Waals surface area contributed by atoms with Gasteiger partial charge in [0.25, 0.3) is 5.91 Å². The highest BCUT2D eigenvalue weighted by atomic mass is 19.1. The summed E-state index contributed by atoms with van der Waals surface area (Å²) in [6.45, 7) is 0.640. The molecule has 1 N–H and O–H groups in total. The first kappa shape index (κ1) is 18.8. The Labute approximate surface area is 166 Å². The molecule has 0 aliphatic carbocycles. The molecule has 4 rings (SSSR count). The van der Waals surface area contributed by atoms with Crippen molar-refractivity contribution in [2.24, 2.45) is 0 Å². The summed E-state index contributed by atoms with van der Waals surface area (Å²) in [5, 5.41) is 15.9. The van der Waals surface area contributed by atoms with Crippen molar-refractivity contribution in [1.82, 2.24) is 20.4 Å².